The van der Waals surface area contributed by atoms with Gasteiger partial charge in [-0.25, -0.2) is 0 Å². The van der Waals surface area contributed by atoms with Gasteiger partial charge in [-0.05, 0) is 37.1 Å². The highest BCUT2D eigenvalue weighted by Crippen LogP contribution is 2.22. The Labute approximate surface area is 169 Å². The lowest BCUT2D eigenvalue weighted by Gasteiger charge is -2.05. The number of benzene rings is 2. The number of fused-ring (bicyclic) bond motifs is 1. The van der Waals surface area contributed by atoms with Crippen molar-refractivity contribution < 1.29 is 14.3 Å². The largest absolute Gasteiger partial charge is 0.465 e. The molecule has 0 saturated carbocycles. The number of thiazole rings is 1. The van der Waals surface area contributed by atoms with Gasteiger partial charge >= 0.3 is 5.97 Å². The lowest BCUT2D eigenvalue weighted by Crippen LogP contribution is -2.23. The van der Waals surface area contributed by atoms with Gasteiger partial charge in [0.1, 0.15) is 6.54 Å². The van der Waals surface area contributed by atoms with Crippen LogP contribution in [0.1, 0.15) is 18.9 Å². The van der Waals surface area contributed by atoms with Crippen molar-refractivity contribution in [1.29, 1.82) is 0 Å². The van der Waals surface area contributed by atoms with Crippen molar-refractivity contribution in [3.05, 3.63) is 63.4 Å². The summed E-state index contributed by atoms with van der Waals surface area (Å²) in [6.45, 7) is 2.11. The van der Waals surface area contributed by atoms with Crippen LogP contribution in [0.5, 0.6) is 0 Å². The minimum absolute atomic E-state index is 0.0280. The van der Waals surface area contributed by atoms with Crippen LogP contribution >= 0.6 is 27.3 Å². The second-order valence-electron chi connectivity index (χ2n) is 5.88. The Kier molecular flexibility index (Phi) is 6.58. The van der Waals surface area contributed by atoms with E-state index < -0.39 is 0 Å². The van der Waals surface area contributed by atoms with Gasteiger partial charge in [0, 0.05) is 10.9 Å². The number of carbonyl (C=O) groups is 2. The van der Waals surface area contributed by atoms with E-state index >= 15 is 0 Å². The van der Waals surface area contributed by atoms with Crippen molar-refractivity contribution in [1.82, 2.24) is 4.57 Å². The fourth-order valence-corrected chi connectivity index (χ4v) is 4.28. The van der Waals surface area contributed by atoms with Crippen LogP contribution in [-0.4, -0.2) is 23.1 Å². The Morgan fingerprint density at radius 1 is 1.19 bits per heavy atom. The predicted octanol–water partition coefficient (Wildman–Crippen LogP) is 4.09. The Balaban J connectivity index is 1.90. The number of halogens is 1. The summed E-state index contributed by atoms with van der Waals surface area (Å²) >= 11 is 4.84. The zero-order chi connectivity index (χ0) is 19.2. The highest BCUT2D eigenvalue weighted by Gasteiger charge is 2.12. The molecule has 0 aliphatic carbocycles. The smallest absolute Gasteiger partial charge is 0.326 e. The average Bonchev–Trinajstić information content (AvgIpc) is 2.97. The fourth-order valence-electron chi connectivity index (χ4n) is 2.68. The highest BCUT2D eigenvalue weighted by molar-refractivity contribution is 9.10. The van der Waals surface area contributed by atoms with Gasteiger partial charge in [-0.1, -0.05) is 57.6 Å². The number of aryl methyl sites for hydroxylation is 1. The average molecular weight is 447 g/mol. The molecule has 1 aromatic heterocycles. The van der Waals surface area contributed by atoms with Crippen LogP contribution in [0.25, 0.3) is 10.2 Å². The van der Waals surface area contributed by atoms with Gasteiger partial charge in [-0.15, -0.1) is 0 Å². The normalized spacial score (nSPS) is 11.7. The first-order valence-electron chi connectivity index (χ1n) is 8.63. The van der Waals surface area contributed by atoms with E-state index in [4.69, 9.17) is 4.74 Å². The third-order valence-electron chi connectivity index (χ3n) is 3.93. The molecule has 27 heavy (non-hydrogen) atoms. The van der Waals surface area contributed by atoms with Crippen LogP contribution < -0.4 is 4.80 Å². The van der Waals surface area contributed by atoms with Crippen LogP contribution in [0.3, 0.4) is 0 Å². The summed E-state index contributed by atoms with van der Waals surface area (Å²) < 4.78 is 8.68. The second-order valence-corrected chi connectivity index (χ2v) is 7.80. The summed E-state index contributed by atoms with van der Waals surface area (Å²) in [5, 5.41) is 0. The Morgan fingerprint density at radius 2 is 1.96 bits per heavy atom. The molecule has 140 valence electrons. The number of hydrogen-bond donors (Lipinski definition) is 0. The van der Waals surface area contributed by atoms with Gasteiger partial charge in [0.25, 0.3) is 0 Å². The lowest BCUT2D eigenvalue weighted by molar-refractivity contribution is -0.143. The summed E-state index contributed by atoms with van der Waals surface area (Å²) in [6, 6.07) is 15.6. The van der Waals surface area contributed by atoms with Crippen molar-refractivity contribution in [2.45, 2.75) is 26.3 Å². The zero-order valence-electron chi connectivity index (χ0n) is 14.9. The molecule has 0 unspecified atom stereocenters. The van der Waals surface area contributed by atoms with Crippen LogP contribution in [0.4, 0.5) is 0 Å². The van der Waals surface area contributed by atoms with Crippen molar-refractivity contribution in [3.63, 3.8) is 0 Å². The van der Waals surface area contributed by atoms with E-state index in [1.54, 1.807) is 11.5 Å². The molecule has 0 aliphatic heterocycles. The number of amides is 1. The number of hydrogen-bond acceptors (Lipinski definition) is 4. The number of nitrogens with zero attached hydrogens (tertiary/aromatic N) is 2. The van der Waals surface area contributed by atoms with E-state index in [2.05, 4.69) is 20.9 Å². The first kappa shape index (κ1) is 19.5. The van der Waals surface area contributed by atoms with E-state index in [-0.39, 0.29) is 18.4 Å². The van der Waals surface area contributed by atoms with Crippen molar-refractivity contribution in [3.8, 4) is 0 Å². The number of aromatic nitrogens is 1. The minimum atomic E-state index is -0.349. The molecule has 3 rings (SSSR count). The first-order chi connectivity index (χ1) is 13.1. The van der Waals surface area contributed by atoms with Gasteiger partial charge in [-0.2, -0.15) is 4.99 Å². The molecule has 0 radical (unpaired) electrons. The monoisotopic (exact) mass is 446 g/mol. The van der Waals surface area contributed by atoms with Gasteiger partial charge in [0.05, 0.1) is 16.8 Å². The highest BCUT2D eigenvalue weighted by atomic mass is 79.9. The van der Waals surface area contributed by atoms with Crippen LogP contribution in [0.15, 0.2) is 58.0 Å². The molecule has 0 aliphatic rings. The van der Waals surface area contributed by atoms with Crippen LogP contribution in [0, 0.1) is 0 Å². The molecule has 5 nitrogen and oxygen atoms in total. The van der Waals surface area contributed by atoms with E-state index in [0.717, 1.165) is 20.3 Å². The summed E-state index contributed by atoms with van der Waals surface area (Å²) in [5.74, 6) is -0.555. The number of ether oxygens (including phenoxy) is 1. The zero-order valence-corrected chi connectivity index (χ0v) is 17.3. The van der Waals surface area contributed by atoms with Crippen molar-refractivity contribution in [2.75, 3.05) is 6.61 Å². The molecular formula is C20H19BrN2O3S. The molecule has 3 aromatic rings. The number of carbonyl (C=O) groups excluding carboxylic acids is 2. The third kappa shape index (κ3) is 5.14. The standard InChI is InChI=1S/C20H19BrN2O3S/c1-2-26-19(25)13-23-16-10-9-15(21)12-17(16)27-20(23)22-18(24)11-8-14-6-4-3-5-7-14/h3-7,9-10,12H,2,8,11,13H2,1H3. The predicted molar refractivity (Wildman–Crippen MR) is 109 cm³/mol. The van der Waals surface area contributed by atoms with E-state index in [9.17, 15) is 9.59 Å². The molecule has 1 heterocycles. The van der Waals surface area contributed by atoms with Gasteiger partial charge in [-0.3, -0.25) is 9.59 Å². The van der Waals surface area contributed by atoms with Crippen molar-refractivity contribution in [2.24, 2.45) is 4.99 Å². The topological polar surface area (TPSA) is 60.7 Å². The van der Waals surface area contributed by atoms with E-state index in [1.165, 1.54) is 11.3 Å². The minimum Gasteiger partial charge on any atom is -0.465 e. The van der Waals surface area contributed by atoms with Gasteiger partial charge < -0.3 is 9.30 Å². The van der Waals surface area contributed by atoms with Crippen molar-refractivity contribution >= 4 is 49.4 Å². The maximum atomic E-state index is 12.4. The molecule has 0 spiro atoms. The quantitative estimate of drug-likeness (QED) is 0.535. The lowest BCUT2D eigenvalue weighted by atomic mass is 10.1. The van der Waals surface area contributed by atoms with Gasteiger partial charge in [0.2, 0.25) is 5.91 Å². The Bertz CT molecular complexity index is 1020. The van der Waals surface area contributed by atoms with Gasteiger partial charge in [0.15, 0.2) is 4.80 Å². The van der Waals surface area contributed by atoms with E-state index in [0.29, 0.717) is 24.2 Å². The Hall–Kier alpha value is -2.25. The maximum absolute atomic E-state index is 12.4. The maximum Gasteiger partial charge on any atom is 0.326 e. The SMILES string of the molecule is CCOC(=O)Cn1c(=NC(=O)CCc2ccccc2)sc2cc(Br)ccc21. The summed E-state index contributed by atoms with van der Waals surface area (Å²) in [7, 11) is 0. The second kappa shape index (κ2) is 9.10. The summed E-state index contributed by atoms with van der Waals surface area (Å²) in [6.07, 6.45) is 0.957. The molecule has 0 N–H and O–H groups in total. The molecule has 0 saturated heterocycles. The number of esters is 1. The third-order valence-corrected chi connectivity index (χ3v) is 5.46. The Morgan fingerprint density at radius 3 is 2.70 bits per heavy atom. The van der Waals surface area contributed by atoms with Crippen LogP contribution in [-0.2, 0) is 27.3 Å². The van der Waals surface area contributed by atoms with E-state index in [1.807, 2.05) is 48.5 Å². The number of rotatable bonds is 6. The fraction of sp³-hybridized carbons (Fsp3) is 0.250. The molecule has 7 heteroatoms. The summed E-state index contributed by atoms with van der Waals surface area (Å²) in [4.78, 5) is 29.2. The molecule has 0 bridgehead atoms. The first-order valence-corrected chi connectivity index (χ1v) is 10.2. The molecule has 2 aromatic carbocycles. The molecule has 1 amide bonds. The van der Waals surface area contributed by atoms with Crippen LogP contribution in [0.2, 0.25) is 0 Å². The molecular weight excluding hydrogens is 428 g/mol. The summed E-state index contributed by atoms with van der Waals surface area (Å²) in [5.41, 5.74) is 1.95. The molecule has 0 atom stereocenters. The molecule has 0 fully saturated rings.